The second-order valence-corrected chi connectivity index (χ2v) is 6.53. The van der Waals surface area contributed by atoms with Crippen LogP contribution in [0.1, 0.15) is 37.0 Å². The number of Topliss-reactive ketones (excluding diaryl/α,β-unsaturated/α-hetero) is 1. The Morgan fingerprint density at radius 1 is 1.15 bits per heavy atom. The van der Waals surface area contributed by atoms with Crippen LogP contribution in [0.2, 0.25) is 0 Å². The molecular weight excluding hydrogens is 344 g/mol. The summed E-state index contributed by atoms with van der Waals surface area (Å²) < 4.78 is 5.64. The van der Waals surface area contributed by atoms with Gasteiger partial charge in [0.25, 0.3) is 5.91 Å². The first-order valence-corrected chi connectivity index (χ1v) is 8.93. The summed E-state index contributed by atoms with van der Waals surface area (Å²) in [5.41, 5.74) is 1.98. The van der Waals surface area contributed by atoms with Crippen molar-refractivity contribution in [3.63, 3.8) is 0 Å². The lowest BCUT2D eigenvalue weighted by atomic mass is 10.1. The Kier molecular flexibility index (Phi) is 5.54. The van der Waals surface area contributed by atoms with E-state index in [-0.39, 0.29) is 17.6 Å². The van der Waals surface area contributed by atoms with E-state index in [2.05, 4.69) is 5.32 Å². The Labute approximate surface area is 158 Å². The minimum Gasteiger partial charge on any atom is -0.481 e. The Hall–Kier alpha value is -3.15. The van der Waals surface area contributed by atoms with Crippen molar-refractivity contribution in [2.24, 2.45) is 0 Å². The van der Waals surface area contributed by atoms with Crippen LogP contribution in [0.3, 0.4) is 0 Å². The van der Waals surface area contributed by atoms with Gasteiger partial charge in [-0.05, 0) is 62.7 Å². The third-order valence-corrected chi connectivity index (χ3v) is 4.44. The molecule has 1 N–H and O–H groups in total. The number of ether oxygens (including phenoxy) is 1. The van der Waals surface area contributed by atoms with Crippen LogP contribution in [0.5, 0.6) is 5.75 Å². The molecule has 0 unspecified atom stereocenters. The van der Waals surface area contributed by atoms with Gasteiger partial charge in [-0.3, -0.25) is 14.4 Å². The number of benzene rings is 2. The van der Waals surface area contributed by atoms with E-state index < -0.39 is 6.10 Å². The summed E-state index contributed by atoms with van der Waals surface area (Å²) in [7, 11) is 0. The van der Waals surface area contributed by atoms with Crippen LogP contribution in [0.4, 0.5) is 11.4 Å². The second kappa shape index (κ2) is 8.03. The van der Waals surface area contributed by atoms with E-state index in [1.807, 2.05) is 12.1 Å². The van der Waals surface area contributed by atoms with Gasteiger partial charge < -0.3 is 15.0 Å². The van der Waals surface area contributed by atoms with Gasteiger partial charge in [0.2, 0.25) is 5.91 Å². The highest BCUT2D eigenvalue weighted by atomic mass is 16.5. The predicted octanol–water partition coefficient (Wildman–Crippen LogP) is 3.42. The molecule has 1 aliphatic rings. The van der Waals surface area contributed by atoms with Crippen LogP contribution in [0.15, 0.2) is 48.5 Å². The second-order valence-electron chi connectivity index (χ2n) is 6.53. The number of amides is 2. The normalized spacial score (nSPS) is 14.7. The molecule has 2 aromatic rings. The van der Waals surface area contributed by atoms with Crippen LogP contribution < -0.4 is 15.0 Å². The minimum absolute atomic E-state index is 0.0243. The lowest BCUT2D eigenvalue weighted by Gasteiger charge is -2.18. The number of ketones is 1. The standard InChI is InChI=1S/C21H22N2O4/c1-14(24)16-8-10-19(11-9-16)27-15(2)21(26)22-17-5-3-6-18(13-17)23-12-4-7-20(23)25/h3,5-6,8-11,13,15H,4,7,12H2,1-2H3,(H,22,26)/t15-/m1/s1. The molecule has 1 heterocycles. The van der Waals surface area contributed by atoms with Crippen molar-refractivity contribution in [2.75, 3.05) is 16.8 Å². The van der Waals surface area contributed by atoms with Gasteiger partial charge in [-0.1, -0.05) is 6.07 Å². The van der Waals surface area contributed by atoms with E-state index >= 15 is 0 Å². The number of rotatable bonds is 6. The maximum atomic E-state index is 12.4. The Morgan fingerprint density at radius 2 is 1.89 bits per heavy atom. The molecule has 1 fully saturated rings. The van der Waals surface area contributed by atoms with Gasteiger partial charge in [0.15, 0.2) is 11.9 Å². The molecule has 3 rings (SSSR count). The van der Waals surface area contributed by atoms with E-state index in [1.54, 1.807) is 48.2 Å². The van der Waals surface area contributed by atoms with Crippen molar-refractivity contribution in [3.05, 3.63) is 54.1 Å². The molecule has 1 aliphatic heterocycles. The van der Waals surface area contributed by atoms with Gasteiger partial charge in [0.05, 0.1) is 0 Å². The van der Waals surface area contributed by atoms with E-state index in [0.29, 0.717) is 30.0 Å². The number of nitrogens with zero attached hydrogens (tertiary/aromatic N) is 1. The quantitative estimate of drug-likeness (QED) is 0.795. The average molecular weight is 366 g/mol. The first-order chi connectivity index (χ1) is 12.9. The molecule has 27 heavy (non-hydrogen) atoms. The average Bonchev–Trinajstić information content (AvgIpc) is 3.08. The van der Waals surface area contributed by atoms with Crippen LogP contribution in [0.25, 0.3) is 0 Å². The maximum Gasteiger partial charge on any atom is 0.265 e. The number of carbonyl (C=O) groups is 3. The third kappa shape index (κ3) is 4.53. The Bertz CT molecular complexity index is 861. The summed E-state index contributed by atoms with van der Waals surface area (Å²) in [5.74, 6) is 0.294. The van der Waals surface area contributed by atoms with Crippen molar-refractivity contribution < 1.29 is 19.1 Å². The lowest BCUT2D eigenvalue weighted by Crippen LogP contribution is -2.30. The van der Waals surface area contributed by atoms with Gasteiger partial charge in [-0.25, -0.2) is 0 Å². The molecule has 0 aliphatic carbocycles. The molecule has 2 amide bonds. The van der Waals surface area contributed by atoms with E-state index in [0.717, 1.165) is 12.1 Å². The van der Waals surface area contributed by atoms with Gasteiger partial charge in [0, 0.05) is 29.9 Å². The zero-order valence-electron chi connectivity index (χ0n) is 15.4. The van der Waals surface area contributed by atoms with Crippen LogP contribution in [0, 0.1) is 0 Å². The summed E-state index contributed by atoms with van der Waals surface area (Å²) in [6.07, 6.45) is 0.692. The first kappa shape index (κ1) is 18.6. The Balaban J connectivity index is 1.62. The van der Waals surface area contributed by atoms with Crippen molar-refractivity contribution in [3.8, 4) is 5.75 Å². The summed E-state index contributed by atoms with van der Waals surface area (Å²) in [6.45, 7) is 3.85. The summed E-state index contributed by atoms with van der Waals surface area (Å²) >= 11 is 0. The van der Waals surface area contributed by atoms with Gasteiger partial charge in [0.1, 0.15) is 5.75 Å². The fourth-order valence-corrected chi connectivity index (χ4v) is 2.94. The van der Waals surface area contributed by atoms with Crippen molar-refractivity contribution in [1.29, 1.82) is 0 Å². The van der Waals surface area contributed by atoms with E-state index in [4.69, 9.17) is 4.74 Å². The highest BCUT2D eigenvalue weighted by Crippen LogP contribution is 2.24. The van der Waals surface area contributed by atoms with Crippen LogP contribution in [-0.2, 0) is 9.59 Å². The highest BCUT2D eigenvalue weighted by Gasteiger charge is 2.22. The Morgan fingerprint density at radius 3 is 2.52 bits per heavy atom. The summed E-state index contributed by atoms with van der Waals surface area (Å²) in [6, 6.07) is 13.9. The molecule has 0 saturated carbocycles. The molecular formula is C21H22N2O4. The van der Waals surface area contributed by atoms with E-state index in [9.17, 15) is 14.4 Å². The van der Waals surface area contributed by atoms with Crippen LogP contribution in [-0.4, -0.2) is 30.2 Å². The zero-order valence-corrected chi connectivity index (χ0v) is 15.4. The van der Waals surface area contributed by atoms with Crippen molar-refractivity contribution in [2.45, 2.75) is 32.8 Å². The molecule has 0 aromatic heterocycles. The molecule has 2 aromatic carbocycles. The fraction of sp³-hybridized carbons (Fsp3) is 0.286. The molecule has 1 atom stereocenters. The molecule has 6 heteroatoms. The first-order valence-electron chi connectivity index (χ1n) is 8.93. The van der Waals surface area contributed by atoms with E-state index in [1.165, 1.54) is 6.92 Å². The summed E-state index contributed by atoms with van der Waals surface area (Å²) in [5, 5.41) is 2.81. The maximum absolute atomic E-state index is 12.4. The third-order valence-electron chi connectivity index (χ3n) is 4.44. The molecule has 1 saturated heterocycles. The van der Waals surface area contributed by atoms with Gasteiger partial charge >= 0.3 is 0 Å². The highest BCUT2D eigenvalue weighted by molar-refractivity contribution is 5.98. The SMILES string of the molecule is CC(=O)c1ccc(O[C@H](C)C(=O)Nc2cccc(N3CCCC3=O)c2)cc1. The van der Waals surface area contributed by atoms with Crippen molar-refractivity contribution >= 4 is 29.0 Å². The lowest BCUT2D eigenvalue weighted by molar-refractivity contribution is -0.122. The largest absolute Gasteiger partial charge is 0.481 e. The molecule has 140 valence electrons. The van der Waals surface area contributed by atoms with Crippen molar-refractivity contribution in [1.82, 2.24) is 0 Å². The molecule has 0 bridgehead atoms. The number of nitrogens with one attached hydrogen (secondary N) is 1. The topological polar surface area (TPSA) is 75.7 Å². The number of anilines is 2. The van der Waals surface area contributed by atoms with Gasteiger partial charge in [-0.15, -0.1) is 0 Å². The summed E-state index contributed by atoms with van der Waals surface area (Å²) in [4.78, 5) is 37.3. The molecule has 6 nitrogen and oxygen atoms in total. The monoisotopic (exact) mass is 366 g/mol. The predicted molar refractivity (Wildman–Crippen MR) is 103 cm³/mol. The smallest absolute Gasteiger partial charge is 0.265 e. The molecule has 0 spiro atoms. The van der Waals surface area contributed by atoms with Gasteiger partial charge in [-0.2, -0.15) is 0 Å². The fourth-order valence-electron chi connectivity index (χ4n) is 2.94. The number of carbonyl (C=O) groups excluding carboxylic acids is 3. The number of hydrogen-bond donors (Lipinski definition) is 1. The zero-order chi connectivity index (χ0) is 19.4. The number of hydrogen-bond acceptors (Lipinski definition) is 4. The molecule has 0 radical (unpaired) electrons. The minimum atomic E-state index is -0.717. The van der Waals surface area contributed by atoms with Crippen LogP contribution >= 0.6 is 0 Å².